The molecule has 1 aliphatic heterocycles. The molecule has 0 spiro atoms. The second-order valence-electron chi connectivity index (χ2n) is 14.0. The maximum absolute atomic E-state index is 14.9. The molecule has 0 aliphatic carbocycles. The summed E-state index contributed by atoms with van der Waals surface area (Å²) in [6.45, 7) is 4.82. The van der Waals surface area contributed by atoms with Crippen LogP contribution in [0.3, 0.4) is 0 Å². The van der Waals surface area contributed by atoms with E-state index in [0.717, 1.165) is 40.3 Å². The third kappa shape index (κ3) is 9.46. The number of fused-ring (bicyclic) bond motifs is 1. The number of rotatable bonds is 14. The molecule has 8 heteroatoms. The number of nitrogens with zero attached hydrogens (tertiary/aromatic N) is 2. The second kappa shape index (κ2) is 16.7. The van der Waals surface area contributed by atoms with Gasteiger partial charge in [-0.3, -0.25) is 14.4 Å². The molecular formula is C42H50N4O4. The van der Waals surface area contributed by atoms with E-state index in [9.17, 15) is 14.4 Å². The normalized spacial score (nSPS) is 16.0. The Morgan fingerprint density at radius 1 is 0.880 bits per heavy atom. The Hall–Kier alpha value is -4.79. The molecule has 8 nitrogen and oxygen atoms in total. The molecule has 1 unspecified atom stereocenters. The standard InChI is InChI=1S/C42H50N4O4/c1-42(2,43)25-13-22-37(47)45(3)36(28-30-23-24-31-15-11-12-20-34(31)27-30)41(49)46(4)39(40(48)44-29-35-21-14-26-50-35)38(32-16-7-5-8-17-32)33-18-9-6-10-19-33/h5-13,15-20,22-24,27,35-36,38-39H,14,21,25-26,28-29,43H2,1-4H3,(H,44,48)/b22-13+/t35?,36-,39-/m1/s1. The van der Waals surface area contributed by atoms with Crippen LogP contribution in [-0.4, -0.2) is 78.5 Å². The zero-order valence-electron chi connectivity index (χ0n) is 29.6. The number of amides is 3. The number of hydrogen-bond donors (Lipinski definition) is 2. The fraction of sp³-hybridized carbons (Fsp3) is 0.357. The van der Waals surface area contributed by atoms with Crippen LogP contribution < -0.4 is 11.1 Å². The van der Waals surface area contributed by atoms with Crippen LogP contribution in [0.5, 0.6) is 0 Å². The van der Waals surface area contributed by atoms with Crippen molar-refractivity contribution in [2.24, 2.45) is 5.73 Å². The molecule has 1 heterocycles. The topological polar surface area (TPSA) is 105 Å². The van der Waals surface area contributed by atoms with Crippen LogP contribution in [0.2, 0.25) is 0 Å². The molecule has 1 saturated heterocycles. The van der Waals surface area contributed by atoms with E-state index < -0.39 is 23.5 Å². The summed E-state index contributed by atoms with van der Waals surface area (Å²) in [6, 6.07) is 31.9. The smallest absolute Gasteiger partial charge is 0.246 e. The fourth-order valence-electron chi connectivity index (χ4n) is 6.64. The van der Waals surface area contributed by atoms with E-state index in [4.69, 9.17) is 10.5 Å². The Bertz CT molecular complexity index is 1720. The third-order valence-corrected chi connectivity index (χ3v) is 9.44. The molecule has 3 N–H and O–H groups in total. The molecule has 0 bridgehead atoms. The van der Waals surface area contributed by atoms with Crippen molar-refractivity contribution in [3.05, 3.63) is 132 Å². The molecule has 50 heavy (non-hydrogen) atoms. The van der Waals surface area contributed by atoms with Crippen molar-refractivity contribution in [1.82, 2.24) is 15.1 Å². The molecule has 0 aromatic heterocycles. The molecular weight excluding hydrogens is 624 g/mol. The van der Waals surface area contributed by atoms with Crippen molar-refractivity contribution in [3.8, 4) is 0 Å². The summed E-state index contributed by atoms with van der Waals surface area (Å²) in [5.74, 6) is -1.41. The Balaban J connectivity index is 1.54. The molecule has 3 atom stereocenters. The average molecular weight is 675 g/mol. The Kier molecular flexibility index (Phi) is 12.2. The van der Waals surface area contributed by atoms with Crippen LogP contribution in [0.15, 0.2) is 115 Å². The Morgan fingerprint density at radius 2 is 1.50 bits per heavy atom. The third-order valence-electron chi connectivity index (χ3n) is 9.44. The number of carbonyl (C=O) groups excluding carboxylic acids is 3. The van der Waals surface area contributed by atoms with Gasteiger partial charge in [-0.25, -0.2) is 0 Å². The number of carbonyl (C=O) groups is 3. The van der Waals surface area contributed by atoms with Crippen molar-refractivity contribution in [1.29, 1.82) is 0 Å². The molecule has 1 fully saturated rings. The van der Waals surface area contributed by atoms with Gasteiger partial charge in [0.05, 0.1) is 6.10 Å². The van der Waals surface area contributed by atoms with Gasteiger partial charge < -0.3 is 25.6 Å². The number of ether oxygens (including phenoxy) is 1. The summed E-state index contributed by atoms with van der Waals surface area (Å²) in [6.07, 6.45) is 5.75. The highest BCUT2D eigenvalue weighted by Gasteiger charge is 2.40. The maximum atomic E-state index is 14.9. The number of hydrogen-bond acceptors (Lipinski definition) is 5. The van der Waals surface area contributed by atoms with Gasteiger partial charge in [0.1, 0.15) is 12.1 Å². The van der Waals surface area contributed by atoms with E-state index in [1.165, 1.54) is 15.9 Å². The van der Waals surface area contributed by atoms with E-state index in [1.54, 1.807) is 20.2 Å². The lowest BCUT2D eigenvalue weighted by atomic mass is 9.83. The predicted octanol–water partition coefficient (Wildman–Crippen LogP) is 5.85. The number of nitrogens with two attached hydrogens (primary N) is 1. The van der Waals surface area contributed by atoms with Gasteiger partial charge in [-0.2, -0.15) is 0 Å². The lowest BCUT2D eigenvalue weighted by Crippen LogP contribution is -2.57. The minimum absolute atomic E-state index is 0.0674. The molecule has 262 valence electrons. The average Bonchev–Trinajstić information content (AvgIpc) is 3.65. The van der Waals surface area contributed by atoms with E-state index in [0.29, 0.717) is 19.6 Å². The molecule has 5 rings (SSSR count). The van der Waals surface area contributed by atoms with E-state index in [1.807, 2.05) is 111 Å². The summed E-state index contributed by atoms with van der Waals surface area (Å²) >= 11 is 0. The van der Waals surface area contributed by atoms with Crippen LogP contribution in [0.4, 0.5) is 0 Å². The number of nitrogens with one attached hydrogen (secondary N) is 1. The van der Waals surface area contributed by atoms with Crippen LogP contribution in [0, 0.1) is 0 Å². The largest absolute Gasteiger partial charge is 0.376 e. The lowest BCUT2D eigenvalue weighted by Gasteiger charge is -2.38. The van der Waals surface area contributed by atoms with Crippen molar-refractivity contribution in [2.45, 2.75) is 69.2 Å². The highest BCUT2D eigenvalue weighted by molar-refractivity contribution is 5.95. The maximum Gasteiger partial charge on any atom is 0.246 e. The van der Waals surface area contributed by atoms with Gasteiger partial charge in [0.25, 0.3) is 0 Å². The van der Waals surface area contributed by atoms with Gasteiger partial charge >= 0.3 is 0 Å². The Labute approximate surface area is 296 Å². The van der Waals surface area contributed by atoms with Gasteiger partial charge in [-0.15, -0.1) is 0 Å². The quantitative estimate of drug-likeness (QED) is 0.164. The van der Waals surface area contributed by atoms with Gasteiger partial charge in [0, 0.05) is 45.1 Å². The lowest BCUT2D eigenvalue weighted by molar-refractivity contribution is -0.146. The van der Waals surface area contributed by atoms with E-state index in [-0.39, 0.29) is 30.2 Å². The summed E-state index contributed by atoms with van der Waals surface area (Å²) in [5.41, 5.74) is 8.39. The monoisotopic (exact) mass is 674 g/mol. The van der Waals surface area contributed by atoms with Gasteiger partial charge in [0.2, 0.25) is 17.7 Å². The zero-order valence-corrected chi connectivity index (χ0v) is 29.6. The van der Waals surface area contributed by atoms with Crippen LogP contribution >= 0.6 is 0 Å². The minimum Gasteiger partial charge on any atom is -0.376 e. The summed E-state index contributed by atoms with van der Waals surface area (Å²) < 4.78 is 5.81. The number of likely N-dealkylation sites (N-methyl/N-ethyl adjacent to an activating group) is 2. The van der Waals surface area contributed by atoms with Crippen LogP contribution in [0.25, 0.3) is 10.8 Å². The van der Waals surface area contributed by atoms with E-state index >= 15 is 0 Å². The van der Waals surface area contributed by atoms with Gasteiger partial charge in [-0.05, 0) is 66.6 Å². The molecule has 1 aliphatic rings. The minimum atomic E-state index is -0.926. The first-order chi connectivity index (χ1) is 24.0. The van der Waals surface area contributed by atoms with E-state index in [2.05, 4.69) is 11.4 Å². The zero-order chi connectivity index (χ0) is 35.7. The molecule has 4 aromatic carbocycles. The van der Waals surface area contributed by atoms with Crippen molar-refractivity contribution in [3.63, 3.8) is 0 Å². The highest BCUT2D eigenvalue weighted by Crippen LogP contribution is 2.32. The van der Waals surface area contributed by atoms with Crippen LogP contribution in [-0.2, 0) is 25.5 Å². The second-order valence-corrected chi connectivity index (χ2v) is 14.0. The van der Waals surface area contributed by atoms with Crippen molar-refractivity contribution >= 4 is 28.5 Å². The first-order valence-electron chi connectivity index (χ1n) is 17.5. The first kappa shape index (κ1) is 36.5. The highest BCUT2D eigenvalue weighted by atomic mass is 16.5. The summed E-state index contributed by atoms with van der Waals surface area (Å²) in [7, 11) is 3.33. The van der Waals surface area contributed by atoms with Gasteiger partial charge in [-0.1, -0.05) is 109 Å². The summed E-state index contributed by atoms with van der Waals surface area (Å²) in [5, 5.41) is 5.25. The summed E-state index contributed by atoms with van der Waals surface area (Å²) in [4.78, 5) is 46.1. The first-order valence-corrected chi connectivity index (χ1v) is 17.5. The van der Waals surface area contributed by atoms with Gasteiger partial charge in [0.15, 0.2) is 0 Å². The Morgan fingerprint density at radius 3 is 2.10 bits per heavy atom. The van der Waals surface area contributed by atoms with Crippen molar-refractivity contribution < 1.29 is 19.1 Å². The molecule has 4 aromatic rings. The fourth-order valence-corrected chi connectivity index (χ4v) is 6.64. The molecule has 3 amide bonds. The SMILES string of the molecule is CN(C(=O)/C=C/CC(C)(C)N)[C@H](Cc1ccc2ccccc2c1)C(=O)N(C)[C@@H](C(=O)NCC1CCCO1)C(c1ccccc1)c1ccccc1. The molecule has 0 radical (unpaired) electrons. The number of benzene rings is 4. The van der Waals surface area contributed by atoms with Crippen LogP contribution in [0.1, 0.15) is 55.7 Å². The van der Waals surface area contributed by atoms with Crippen molar-refractivity contribution in [2.75, 3.05) is 27.2 Å². The predicted molar refractivity (Wildman–Crippen MR) is 200 cm³/mol. The molecule has 0 saturated carbocycles.